The highest BCUT2D eigenvalue weighted by Crippen LogP contribution is 2.50. The van der Waals surface area contributed by atoms with E-state index in [9.17, 15) is 27.6 Å². The topological polar surface area (TPSA) is 65.7 Å². The Balaban J connectivity index is 1.41. The molecule has 38 heavy (non-hydrogen) atoms. The molecule has 11 heteroatoms. The monoisotopic (exact) mass is 567 g/mol. The molecule has 200 valence electrons. The van der Waals surface area contributed by atoms with Crippen LogP contribution in [0.4, 0.5) is 17.6 Å². The number of carbonyl (C=O) groups is 1. The fourth-order valence-electron chi connectivity index (χ4n) is 4.75. The summed E-state index contributed by atoms with van der Waals surface area (Å²) in [5.41, 5.74) is -2.50. The van der Waals surface area contributed by atoms with E-state index in [1.54, 1.807) is 24.0 Å². The van der Waals surface area contributed by atoms with Gasteiger partial charge in [-0.05, 0) is 73.9 Å². The third kappa shape index (κ3) is 4.85. The van der Waals surface area contributed by atoms with Gasteiger partial charge in [0.15, 0.2) is 5.82 Å². The van der Waals surface area contributed by atoms with Crippen LogP contribution in [0, 0.1) is 35.4 Å². The molecule has 2 aliphatic carbocycles. The second-order valence-corrected chi connectivity index (χ2v) is 11.2. The van der Waals surface area contributed by atoms with E-state index in [1.807, 2.05) is 0 Å². The Kier molecular flexibility index (Phi) is 6.64. The van der Waals surface area contributed by atoms with Crippen LogP contribution < -0.4 is 0 Å². The molecule has 0 spiro atoms. The summed E-state index contributed by atoms with van der Waals surface area (Å²) in [6, 6.07) is 8.71. The molecule has 5 nitrogen and oxygen atoms in total. The second-order valence-electron chi connectivity index (χ2n) is 10.4. The van der Waals surface area contributed by atoms with Crippen molar-refractivity contribution in [3.05, 3.63) is 68.4 Å². The first kappa shape index (κ1) is 26.8. The van der Waals surface area contributed by atoms with Crippen molar-refractivity contribution < 1.29 is 27.2 Å². The third-order valence-corrected chi connectivity index (χ3v) is 8.02. The van der Waals surface area contributed by atoms with E-state index < -0.39 is 45.0 Å². The van der Waals surface area contributed by atoms with Crippen molar-refractivity contribution in [1.82, 2.24) is 4.90 Å². The number of nitrogens with zero attached hydrogens (tertiary/aromatic N) is 3. The van der Waals surface area contributed by atoms with Gasteiger partial charge in [0.25, 0.3) is 11.5 Å². The summed E-state index contributed by atoms with van der Waals surface area (Å²) in [5.74, 6) is -0.795. The van der Waals surface area contributed by atoms with Crippen LogP contribution in [0.3, 0.4) is 0 Å². The van der Waals surface area contributed by atoms with Gasteiger partial charge < -0.3 is 9.74 Å². The summed E-state index contributed by atoms with van der Waals surface area (Å²) < 4.78 is 56.9. The summed E-state index contributed by atoms with van der Waals surface area (Å²) in [6.07, 6.45) is -1.99. The lowest BCUT2D eigenvalue weighted by molar-refractivity contribution is -0.275. The van der Waals surface area contributed by atoms with Crippen LogP contribution in [-0.2, 0) is 10.4 Å². The van der Waals surface area contributed by atoms with Crippen molar-refractivity contribution in [3.8, 4) is 6.07 Å². The van der Waals surface area contributed by atoms with E-state index in [0.29, 0.717) is 35.7 Å². The van der Waals surface area contributed by atoms with Crippen LogP contribution in [0.15, 0.2) is 35.5 Å². The maximum absolute atomic E-state index is 14.3. The maximum atomic E-state index is 14.3. The fourth-order valence-corrected chi connectivity index (χ4v) is 5.24. The van der Waals surface area contributed by atoms with Gasteiger partial charge in [-0.15, -0.1) is 0 Å². The van der Waals surface area contributed by atoms with E-state index in [0.717, 1.165) is 37.8 Å². The number of amides is 1. The average molecular weight is 568 g/mol. The lowest BCUT2D eigenvalue weighted by atomic mass is 9.86. The van der Waals surface area contributed by atoms with Crippen LogP contribution in [-0.4, -0.2) is 35.8 Å². The minimum absolute atomic E-state index is 0.0113. The van der Waals surface area contributed by atoms with Gasteiger partial charge in [0.1, 0.15) is 0 Å². The molecule has 1 heterocycles. The predicted octanol–water partition coefficient (Wildman–Crippen LogP) is 7.18. The van der Waals surface area contributed by atoms with Crippen LogP contribution in [0.25, 0.3) is 0 Å². The van der Waals surface area contributed by atoms with Gasteiger partial charge >= 0.3 is 6.18 Å². The fraction of sp³-hybridized carbons (Fsp3) is 0.444. The lowest BCUT2D eigenvalue weighted by Crippen LogP contribution is -2.42. The van der Waals surface area contributed by atoms with Crippen LogP contribution in [0.2, 0.25) is 10.0 Å². The van der Waals surface area contributed by atoms with Gasteiger partial charge in [0.05, 0.1) is 27.2 Å². The first-order chi connectivity index (χ1) is 17.9. The van der Waals surface area contributed by atoms with Crippen molar-refractivity contribution >= 4 is 34.8 Å². The number of oxime groups is 1. The molecule has 0 aromatic heterocycles. The van der Waals surface area contributed by atoms with Crippen molar-refractivity contribution in [2.75, 3.05) is 13.1 Å². The Morgan fingerprint density at radius 3 is 2.39 bits per heavy atom. The molecule has 0 N–H and O–H groups in total. The normalized spacial score (nSPS) is 21.9. The lowest BCUT2D eigenvalue weighted by Gasteiger charge is -2.29. The predicted molar refractivity (Wildman–Crippen MR) is 133 cm³/mol. The summed E-state index contributed by atoms with van der Waals surface area (Å²) in [6.45, 7) is 2.66. The zero-order valence-electron chi connectivity index (χ0n) is 20.3. The Bertz CT molecular complexity index is 1360. The van der Waals surface area contributed by atoms with Gasteiger partial charge in [-0.25, -0.2) is 4.39 Å². The quantitative estimate of drug-likeness (QED) is 0.263. The van der Waals surface area contributed by atoms with E-state index in [1.165, 1.54) is 6.07 Å². The Morgan fingerprint density at radius 1 is 1.21 bits per heavy atom. The highest BCUT2D eigenvalue weighted by atomic mass is 35.5. The highest BCUT2D eigenvalue weighted by molar-refractivity contribution is 6.35. The number of hydrogen-bond donors (Lipinski definition) is 0. The minimum atomic E-state index is -4.92. The van der Waals surface area contributed by atoms with E-state index in [-0.39, 0.29) is 11.6 Å². The van der Waals surface area contributed by atoms with E-state index in [4.69, 9.17) is 28.0 Å². The molecular weight excluding hydrogens is 545 g/mol. The Hall–Kier alpha value is -2.83. The number of halogens is 6. The largest absolute Gasteiger partial charge is 0.435 e. The van der Waals surface area contributed by atoms with Gasteiger partial charge in [-0.2, -0.15) is 18.4 Å². The van der Waals surface area contributed by atoms with Gasteiger partial charge in [-0.1, -0.05) is 34.4 Å². The SMILES string of the molecule is Cc1cc(C2=NOC(c3cc(Cl)c(F)c(Cl)c3)(C(F)(F)F)C2)ccc1C(=O)N(CC1CC1)CC1(C#N)CC1. The number of carbonyl (C=O) groups excluding carboxylic acids is 1. The smallest absolute Gasteiger partial charge is 0.374 e. The number of hydrogen-bond acceptors (Lipinski definition) is 4. The molecule has 0 bridgehead atoms. The number of rotatable bonds is 7. The maximum Gasteiger partial charge on any atom is 0.435 e. The molecule has 5 rings (SSSR count). The molecule has 2 aromatic carbocycles. The summed E-state index contributed by atoms with van der Waals surface area (Å²) in [5, 5.41) is 12.1. The average Bonchev–Trinajstić information content (AvgIpc) is 3.79. The van der Waals surface area contributed by atoms with Crippen molar-refractivity contribution in [3.63, 3.8) is 0 Å². The Morgan fingerprint density at radius 2 is 1.87 bits per heavy atom. The molecule has 1 unspecified atom stereocenters. The summed E-state index contributed by atoms with van der Waals surface area (Å²) >= 11 is 11.5. The van der Waals surface area contributed by atoms with Gasteiger partial charge in [0.2, 0.25) is 0 Å². The zero-order valence-corrected chi connectivity index (χ0v) is 21.9. The van der Waals surface area contributed by atoms with Crippen LogP contribution in [0.5, 0.6) is 0 Å². The van der Waals surface area contributed by atoms with Crippen molar-refractivity contribution in [2.24, 2.45) is 16.5 Å². The molecule has 1 amide bonds. The zero-order chi connectivity index (χ0) is 27.5. The highest BCUT2D eigenvalue weighted by Gasteiger charge is 2.62. The minimum Gasteiger partial charge on any atom is -0.374 e. The Labute approximate surface area is 226 Å². The molecule has 0 radical (unpaired) electrons. The van der Waals surface area contributed by atoms with Crippen molar-refractivity contribution in [2.45, 2.75) is 50.8 Å². The third-order valence-electron chi connectivity index (χ3n) is 7.47. The molecule has 2 aromatic rings. The standard InChI is InChI=1S/C27H23Cl2F4N3O2/c1-15-8-17(4-5-19(15)24(37)36(12-16-2-3-16)14-25(13-34)6-7-25)22-11-26(38-35-22,27(31,32)33)18-9-20(28)23(30)21(29)10-18/h4-5,8-10,16H,2-3,6-7,11-12,14H2,1H3. The van der Waals surface area contributed by atoms with E-state index >= 15 is 0 Å². The number of alkyl halides is 3. The first-order valence-corrected chi connectivity index (χ1v) is 12.9. The van der Waals surface area contributed by atoms with Crippen LogP contribution in [0.1, 0.15) is 59.2 Å². The molecule has 1 aliphatic heterocycles. The molecule has 2 saturated carbocycles. The first-order valence-electron chi connectivity index (χ1n) is 12.2. The molecule has 2 fully saturated rings. The van der Waals surface area contributed by atoms with E-state index in [2.05, 4.69) is 11.2 Å². The van der Waals surface area contributed by atoms with Gasteiger partial charge in [0, 0.05) is 30.6 Å². The second kappa shape index (κ2) is 9.42. The number of aryl methyl sites for hydroxylation is 1. The summed E-state index contributed by atoms with van der Waals surface area (Å²) in [4.78, 5) is 20.2. The summed E-state index contributed by atoms with van der Waals surface area (Å²) in [7, 11) is 0. The number of nitriles is 1. The molecule has 0 saturated heterocycles. The molecule has 3 aliphatic rings. The van der Waals surface area contributed by atoms with Crippen LogP contribution >= 0.6 is 23.2 Å². The van der Waals surface area contributed by atoms with Crippen molar-refractivity contribution in [1.29, 1.82) is 5.26 Å². The molecular formula is C27H23Cl2F4N3O2. The number of benzene rings is 2. The molecule has 1 atom stereocenters. The van der Waals surface area contributed by atoms with Gasteiger partial charge in [-0.3, -0.25) is 4.79 Å².